The smallest absolute Gasteiger partial charge is 0.228 e. The van der Waals surface area contributed by atoms with Gasteiger partial charge in [0.2, 0.25) is 11.9 Å². The van der Waals surface area contributed by atoms with Gasteiger partial charge in [-0.05, 0) is 46.1 Å². The second-order valence-corrected chi connectivity index (χ2v) is 6.07. The van der Waals surface area contributed by atoms with Crippen LogP contribution in [0, 0.1) is 0 Å². The minimum atomic E-state index is -0.301. The van der Waals surface area contributed by atoms with Crippen molar-refractivity contribution < 1.29 is 5.11 Å². The first kappa shape index (κ1) is 15.7. The number of nitrogens with one attached hydrogen (secondary N) is 2. The Morgan fingerprint density at radius 2 is 1.62 bits per heavy atom. The van der Waals surface area contributed by atoms with E-state index in [1.807, 2.05) is 27.7 Å². The van der Waals surface area contributed by atoms with E-state index in [1.54, 1.807) is 0 Å². The second kappa shape index (κ2) is 6.85. The van der Waals surface area contributed by atoms with Gasteiger partial charge in [-0.2, -0.15) is 15.0 Å². The summed E-state index contributed by atoms with van der Waals surface area (Å²) in [6, 6.07) is 0.496. The zero-order valence-electron chi connectivity index (χ0n) is 13.2. The third-order valence-corrected chi connectivity index (χ3v) is 3.10. The van der Waals surface area contributed by atoms with Crippen LogP contribution >= 0.6 is 0 Å². The maximum Gasteiger partial charge on any atom is 0.228 e. The number of aliphatic hydroxyl groups is 1. The predicted octanol–water partition coefficient (Wildman–Crippen LogP) is 2.44. The maximum absolute atomic E-state index is 9.83. The van der Waals surface area contributed by atoms with Crippen molar-refractivity contribution in [3.05, 3.63) is 11.9 Å². The molecule has 0 radical (unpaired) electrons. The van der Waals surface area contributed by atoms with E-state index in [-0.39, 0.29) is 18.2 Å². The molecular weight excluding hydrogens is 266 g/mol. The predicted molar refractivity (Wildman–Crippen MR) is 85.2 cm³/mol. The second-order valence-electron chi connectivity index (χ2n) is 6.07. The monoisotopic (exact) mass is 291 g/mol. The van der Waals surface area contributed by atoms with E-state index in [0.717, 1.165) is 18.4 Å². The van der Waals surface area contributed by atoms with E-state index < -0.39 is 0 Å². The molecule has 0 aromatic carbocycles. The molecule has 1 aliphatic rings. The Morgan fingerprint density at radius 1 is 1.05 bits per heavy atom. The SMILES string of the molecule is CC(C)Nc1nc(NC(C)C)nc(C2=CCCC(O)C2)n1. The molecular formula is C15H25N5O. The summed E-state index contributed by atoms with van der Waals surface area (Å²) in [5.74, 6) is 1.79. The first-order chi connectivity index (χ1) is 9.94. The molecule has 0 amide bonds. The number of hydrogen-bond acceptors (Lipinski definition) is 6. The normalized spacial score (nSPS) is 18.8. The third-order valence-electron chi connectivity index (χ3n) is 3.10. The van der Waals surface area contributed by atoms with E-state index in [4.69, 9.17) is 0 Å². The average molecular weight is 291 g/mol. The van der Waals surface area contributed by atoms with E-state index in [9.17, 15) is 5.11 Å². The molecule has 0 aliphatic heterocycles. The summed E-state index contributed by atoms with van der Waals surface area (Å²) in [6.07, 6.45) is 4.09. The molecule has 1 aliphatic carbocycles. The quantitative estimate of drug-likeness (QED) is 0.773. The van der Waals surface area contributed by atoms with Crippen LogP contribution in [0.25, 0.3) is 5.57 Å². The van der Waals surface area contributed by atoms with Crippen molar-refractivity contribution in [1.82, 2.24) is 15.0 Å². The van der Waals surface area contributed by atoms with Gasteiger partial charge >= 0.3 is 0 Å². The summed E-state index contributed by atoms with van der Waals surface area (Å²) >= 11 is 0. The van der Waals surface area contributed by atoms with Crippen LogP contribution in [0.15, 0.2) is 6.08 Å². The minimum Gasteiger partial charge on any atom is -0.393 e. The van der Waals surface area contributed by atoms with Crippen molar-refractivity contribution in [2.75, 3.05) is 10.6 Å². The Morgan fingerprint density at radius 3 is 2.10 bits per heavy atom. The van der Waals surface area contributed by atoms with Crippen molar-refractivity contribution in [2.45, 2.75) is 65.1 Å². The zero-order valence-corrected chi connectivity index (χ0v) is 13.2. The average Bonchev–Trinajstić information content (AvgIpc) is 2.36. The van der Waals surface area contributed by atoms with Crippen LogP contribution in [-0.4, -0.2) is 38.2 Å². The molecule has 1 aromatic rings. The standard InChI is InChI=1S/C15H25N5O/c1-9(2)16-14-18-13(11-6-5-7-12(21)8-11)19-15(20-14)17-10(3)4/h6,9-10,12,21H,5,7-8H2,1-4H3,(H2,16,17,18,19,20). The molecule has 0 fully saturated rings. The lowest BCUT2D eigenvalue weighted by Gasteiger charge is -2.19. The molecule has 1 heterocycles. The van der Waals surface area contributed by atoms with Crippen LogP contribution in [0.2, 0.25) is 0 Å². The molecule has 1 aromatic heterocycles. The van der Waals surface area contributed by atoms with Gasteiger partial charge in [0.25, 0.3) is 0 Å². The fraction of sp³-hybridized carbons (Fsp3) is 0.667. The molecule has 6 heteroatoms. The van der Waals surface area contributed by atoms with E-state index in [2.05, 4.69) is 31.7 Å². The van der Waals surface area contributed by atoms with Crippen LogP contribution < -0.4 is 10.6 Å². The number of hydrogen-bond donors (Lipinski definition) is 3. The van der Waals surface area contributed by atoms with Crippen LogP contribution in [-0.2, 0) is 0 Å². The molecule has 0 bridgehead atoms. The highest BCUT2D eigenvalue weighted by atomic mass is 16.3. The van der Waals surface area contributed by atoms with Crippen molar-refractivity contribution in [3.63, 3.8) is 0 Å². The molecule has 21 heavy (non-hydrogen) atoms. The number of aromatic nitrogens is 3. The number of anilines is 2. The van der Waals surface area contributed by atoms with Gasteiger partial charge in [-0.15, -0.1) is 0 Å². The molecule has 0 spiro atoms. The summed E-state index contributed by atoms with van der Waals surface area (Å²) in [6.45, 7) is 8.18. The Bertz CT molecular complexity index is 485. The molecule has 1 unspecified atom stereocenters. The first-order valence-electron chi connectivity index (χ1n) is 7.60. The maximum atomic E-state index is 9.83. The van der Waals surface area contributed by atoms with E-state index >= 15 is 0 Å². The molecule has 6 nitrogen and oxygen atoms in total. The fourth-order valence-electron chi connectivity index (χ4n) is 2.24. The van der Waals surface area contributed by atoms with Crippen LogP contribution in [0.1, 0.15) is 52.8 Å². The van der Waals surface area contributed by atoms with Crippen LogP contribution in [0.4, 0.5) is 11.9 Å². The molecule has 0 saturated heterocycles. The van der Waals surface area contributed by atoms with Crippen LogP contribution in [0.3, 0.4) is 0 Å². The first-order valence-corrected chi connectivity index (χ1v) is 7.60. The number of allylic oxidation sites excluding steroid dienone is 1. The number of aliphatic hydroxyl groups excluding tert-OH is 1. The lowest BCUT2D eigenvalue weighted by atomic mass is 9.96. The van der Waals surface area contributed by atoms with Gasteiger partial charge in [0, 0.05) is 18.5 Å². The Labute approximate surface area is 126 Å². The summed E-state index contributed by atoms with van der Waals surface area (Å²) < 4.78 is 0. The minimum absolute atomic E-state index is 0.248. The van der Waals surface area contributed by atoms with Gasteiger partial charge in [-0.25, -0.2) is 0 Å². The molecule has 1 atom stereocenters. The van der Waals surface area contributed by atoms with Crippen molar-refractivity contribution >= 4 is 17.5 Å². The topological polar surface area (TPSA) is 83.0 Å². The Kier molecular flexibility index (Phi) is 5.12. The number of rotatable bonds is 5. The van der Waals surface area contributed by atoms with Crippen molar-refractivity contribution in [1.29, 1.82) is 0 Å². The summed E-state index contributed by atoms with van der Waals surface area (Å²) in [7, 11) is 0. The molecule has 116 valence electrons. The lowest BCUT2D eigenvalue weighted by molar-refractivity contribution is 0.167. The number of nitrogens with zero attached hydrogens (tertiary/aromatic N) is 3. The summed E-state index contributed by atoms with van der Waals surface area (Å²) in [5, 5.41) is 16.3. The van der Waals surface area contributed by atoms with Crippen molar-refractivity contribution in [3.8, 4) is 0 Å². The molecule has 3 N–H and O–H groups in total. The van der Waals surface area contributed by atoms with Gasteiger partial charge in [-0.1, -0.05) is 6.08 Å². The Balaban J connectivity index is 2.32. The summed E-state index contributed by atoms with van der Waals surface area (Å²) in [4.78, 5) is 13.4. The van der Waals surface area contributed by atoms with E-state index in [1.165, 1.54) is 0 Å². The lowest BCUT2D eigenvalue weighted by Crippen LogP contribution is -2.19. The molecule has 2 rings (SSSR count). The molecule has 0 saturated carbocycles. The zero-order chi connectivity index (χ0) is 15.4. The highest BCUT2D eigenvalue weighted by Crippen LogP contribution is 2.26. The summed E-state index contributed by atoms with van der Waals surface area (Å²) in [5.41, 5.74) is 0.995. The van der Waals surface area contributed by atoms with Crippen LogP contribution in [0.5, 0.6) is 0 Å². The highest BCUT2D eigenvalue weighted by molar-refractivity contribution is 5.62. The third kappa shape index (κ3) is 4.67. The van der Waals surface area contributed by atoms with Gasteiger partial charge < -0.3 is 15.7 Å². The van der Waals surface area contributed by atoms with Gasteiger partial charge in [0.1, 0.15) is 0 Å². The van der Waals surface area contributed by atoms with Crippen molar-refractivity contribution in [2.24, 2.45) is 0 Å². The van der Waals surface area contributed by atoms with Gasteiger partial charge in [0.15, 0.2) is 5.82 Å². The Hall–Kier alpha value is -1.69. The largest absolute Gasteiger partial charge is 0.393 e. The van der Waals surface area contributed by atoms with Gasteiger partial charge in [-0.3, -0.25) is 0 Å². The van der Waals surface area contributed by atoms with Gasteiger partial charge in [0.05, 0.1) is 6.10 Å². The highest BCUT2D eigenvalue weighted by Gasteiger charge is 2.18. The van der Waals surface area contributed by atoms with E-state index in [0.29, 0.717) is 24.1 Å². The fourth-order valence-corrected chi connectivity index (χ4v) is 2.24.